The van der Waals surface area contributed by atoms with Gasteiger partial charge in [-0.2, -0.15) is 26.3 Å². The molecule has 2 aliphatic rings. The van der Waals surface area contributed by atoms with Gasteiger partial charge in [0.25, 0.3) is 0 Å². The molecule has 0 aromatic heterocycles. The Kier molecular flexibility index (Phi) is 14.4. The number of carboxylic acid groups (broad SMARTS) is 1. The Bertz CT molecular complexity index is 1520. The fraction of sp³-hybridized carbons (Fsp3) is 0.514. The van der Waals surface area contributed by atoms with Crippen LogP contribution >= 0.6 is 0 Å². The van der Waals surface area contributed by atoms with E-state index in [1.165, 1.54) is 12.1 Å². The molecule has 16 heteroatoms. The Morgan fingerprint density at radius 3 is 2.02 bits per heavy atom. The highest BCUT2D eigenvalue weighted by Gasteiger charge is 2.38. The van der Waals surface area contributed by atoms with Crippen molar-refractivity contribution in [3.05, 3.63) is 70.8 Å². The number of alkyl halides is 6. The minimum Gasteiger partial charge on any atom is -0.475 e. The lowest BCUT2D eigenvalue weighted by atomic mass is 9.82. The number of carbonyl (C=O) groups is 3. The molecule has 1 unspecified atom stereocenters. The molecule has 0 radical (unpaired) electrons. The molecule has 2 aromatic carbocycles. The number of nitrogens with two attached hydrogens (primary N) is 1. The molecule has 4 rings (SSSR count). The van der Waals surface area contributed by atoms with Crippen LogP contribution in [0.15, 0.2) is 48.5 Å². The number of carbonyl (C=O) groups excluding carboxylic acids is 2. The quantitative estimate of drug-likeness (QED) is 0.102. The first kappa shape index (κ1) is 40.8. The summed E-state index contributed by atoms with van der Waals surface area (Å²) in [5.74, 6) is -3.86. The summed E-state index contributed by atoms with van der Waals surface area (Å²) in [6.45, 7) is 3.78. The van der Waals surface area contributed by atoms with E-state index in [0.717, 1.165) is 70.2 Å². The summed E-state index contributed by atoms with van der Waals surface area (Å²) in [7, 11) is 0. The van der Waals surface area contributed by atoms with E-state index in [-0.39, 0.29) is 35.6 Å². The van der Waals surface area contributed by atoms with Crippen LogP contribution < -0.4 is 16.4 Å². The lowest BCUT2D eigenvalue weighted by Crippen LogP contribution is -2.53. The number of benzene rings is 2. The number of nitrogens with one attached hydrogen (secondary N) is 4. The number of halogens is 6. The first-order chi connectivity index (χ1) is 23.9. The number of amides is 2. The molecule has 2 fully saturated rings. The topological polar surface area (TPSA) is 172 Å². The molecule has 280 valence electrons. The predicted molar refractivity (Wildman–Crippen MR) is 178 cm³/mol. The third-order valence-corrected chi connectivity index (χ3v) is 9.24. The Labute approximate surface area is 292 Å². The van der Waals surface area contributed by atoms with Crippen LogP contribution in [0, 0.1) is 22.7 Å². The number of nitrogens with zero attached hydrogens (tertiary/aromatic N) is 1. The van der Waals surface area contributed by atoms with Gasteiger partial charge in [0.1, 0.15) is 11.9 Å². The third-order valence-electron chi connectivity index (χ3n) is 9.24. The first-order valence-corrected chi connectivity index (χ1v) is 16.7. The largest absolute Gasteiger partial charge is 0.490 e. The Balaban J connectivity index is 0.000000908. The smallest absolute Gasteiger partial charge is 0.475 e. The predicted octanol–water partition coefficient (Wildman–Crippen LogP) is 5.84. The van der Waals surface area contributed by atoms with E-state index in [2.05, 4.69) is 10.6 Å². The minimum atomic E-state index is -5.08. The fourth-order valence-electron chi connectivity index (χ4n) is 6.30. The summed E-state index contributed by atoms with van der Waals surface area (Å²) in [4.78, 5) is 38.6. The van der Waals surface area contributed by atoms with Gasteiger partial charge in [-0.15, -0.1) is 0 Å². The first-order valence-electron chi connectivity index (χ1n) is 16.7. The number of nitrogen functional groups attached to an aromatic ring is 1. The summed E-state index contributed by atoms with van der Waals surface area (Å²) < 4.78 is 72.7. The van der Waals surface area contributed by atoms with Gasteiger partial charge >= 0.3 is 18.3 Å². The van der Waals surface area contributed by atoms with Crippen molar-refractivity contribution < 1.29 is 45.8 Å². The van der Waals surface area contributed by atoms with Crippen molar-refractivity contribution in [2.45, 2.75) is 82.6 Å². The molecule has 2 aromatic rings. The van der Waals surface area contributed by atoms with E-state index in [1.807, 2.05) is 4.90 Å². The van der Waals surface area contributed by atoms with E-state index >= 15 is 0 Å². The average Bonchev–Trinajstić information content (AvgIpc) is 3.08. The van der Waals surface area contributed by atoms with Crippen LogP contribution in [0.5, 0.6) is 0 Å². The van der Waals surface area contributed by atoms with Crippen molar-refractivity contribution in [2.24, 2.45) is 17.6 Å². The number of amidine groups is 2. The van der Waals surface area contributed by atoms with E-state index in [1.54, 1.807) is 31.2 Å². The van der Waals surface area contributed by atoms with Gasteiger partial charge in [-0.25, -0.2) is 4.79 Å². The summed E-state index contributed by atoms with van der Waals surface area (Å²) in [5, 5.41) is 28.6. The summed E-state index contributed by atoms with van der Waals surface area (Å²) in [5.41, 5.74) is 6.13. The van der Waals surface area contributed by atoms with Crippen molar-refractivity contribution >= 4 is 29.5 Å². The SMILES string of the molecule is CC(=N)N1CCC(CNC(=O)[C@@H](NC(=O)C(Cc2ccc(C(=N)N)cc2)c2cccc(C(F)(F)F)c2)C2CCCCC2)CC1.O=C(O)C(F)(F)F. The normalized spacial score (nSPS) is 17.0. The molecule has 7 N–H and O–H groups in total. The van der Waals surface area contributed by atoms with Crippen molar-refractivity contribution in [1.29, 1.82) is 10.8 Å². The zero-order valence-corrected chi connectivity index (χ0v) is 28.2. The highest BCUT2D eigenvalue weighted by Crippen LogP contribution is 2.33. The number of hydrogen-bond donors (Lipinski definition) is 6. The van der Waals surface area contributed by atoms with Gasteiger partial charge in [-0.1, -0.05) is 61.7 Å². The molecule has 0 spiro atoms. The molecule has 1 aliphatic heterocycles. The zero-order valence-electron chi connectivity index (χ0n) is 28.2. The lowest BCUT2D eigenvalue weighted by molar-refractivity contribution is -0.192. The summed E-state index contributed by atoms with van der Waals surface area (Å²) in [6, 6.07) is 10.7. The van der Waals surface area contributed by atoms with Crippen molar-refractivity contribution in [3.8, 4) is 0 Å². The maximum atomic E-state index is 14.0. The molecular weight excluding hydrogens is 682 g/mol. The monoisotopic (exact) mass is 726 g/mol. The number of carboxylic acids is 1. The molecule has 1 saturated carbocycles. The van der Waals surface area contributed by atoms with Crippen LogP contribution in [-0.2, 0) is 27.0 Å². The van der Waals surface area contributed by atoms with E-state index < -0.39 is 41.8 Å². The van der Waals surface area contributed by atoms with Gasteiger partial charge < -0.3 is 26.4 Å². The number of rotatable bonds is 10. The number of aliphatic carboxylic acids is 1. The van der Waals surface area contributed by atoms with Gasteiger partial charge in [0, 0.05) is 25.2 Å². The molecule has 2 amide bonds. The van der Waals surface area contributed by atoms with Crippen LogP contribution in [-0.4, -0.2) is 71.3 Å². The highest BCUT2D eigenvalue weighted by molar-refractivity contribution is 5.95. The third kappa shape index (κ3) is 12.6. The molecular formula is C35H44F6N6O4. The molecule has 0 bridgehead atoms. The molecule has 10 nitrogen and oxygen atoms in total. The number of piperidine rings is 1. The second kappa shape index (κ2) is 18.0. The Hall–Kier alpha value is -4.63. The van der Waals surface area contributed by atoms with Crippen LogP contribution in [0.25, 0.3) is 0 Å². The second-order valence-corrected chi connectivity index (χ2v) is 12.9. The van der Waals surface area contributed by atoms with Crippen LogP contribution in [0.4, 0.5) is 26.3 Å². The van der Waals surface area contributed by atoms with Gasteiger partial charge in [-0.3, -0.25) is 20.4 Å². The summed E-state index contributed by atoms with van der Waals surface area (Å²) >= 11 is 0. The fourth-order valence-corrected chi connectivity index (χ4v) is 6.30. The van der Waals surface area contributed by atoms with Crippen molar-refractivity contribution in [3.63, 3.8) is 0 Å². The van der Waals surface area contributed by atoms with E-state index in [0.29, 0.717) is 23.5 Å². The number of hydrogen-bond acceptors (Lipinski definition) is 5. The van der Waals surface area contributed by atoms with Crippen LogP contribution in [0.1, 0.15) is 80.0 Å². The average molecular weight is 727 g/mol. The van der Waals surface area contributed by atoms with E-state index in [9.17, 15) is 35.9 Å². The van der Waals surface area contributed by atoms with Gasteiger partial charge in [-0.05, 0) is 68.1 Å². The van der Waals surface area contributed by atoms with Crippen LogP contribution in [0.2, 0.25) is 0 Å². The van der Waals surface area contributed by atoms with Gasteiger partial charge in [0.15, 0.2) is 0 Å². The van der Waals surface area contributed by atoms with Gasteiger partial charge in [0.2, 0.25) is 11.8 Å². The highest BCUT2D eigenvalue weighted by atomic mass is 19.4. The maximum Gasteiger partial charge on any atom is 0.490 e. The molecule has 51 heavy (non-hydrogen) atoms. The maximum absolute atomic E-state index is 14.0. The number of likely N-dealkylation sites (tertiary alicyclic amines) is 1. The Morgan fingerprint density at radius 1 is 0.922 bits per heavy atom. The molecule has 2 atom stereocenters. The minimum absolute atomic E-state index is 0.0629. The van der Waals surface area contributed by atoms with Crippen molar-refractivity contribution in [2.75, 3.05) is 19.6 Å². The molecule has 1 heterocycles. The summed E-state index contributed by atoms with van der Waals surface area (Å²) in [6.07, 6.45) is -3.29. The molecule has 1 aliphatic carbocycles. The van der Waals surface area contributed by atoms with Crippen LogP contribution in [0.3, 0.4) is 0 Å². The lowest BCUT2D eigenvalue weighted by Gasteiger charge is -2.34. The van der Waals surface area contributed by atoms with E-state index in [4.69, 9.17) is 26.5 Å². The zero-order chi connectivity index (χ0) is 37.9. The Morgan fingerprint density at radius 2 is 1.51 bits per heavy atom. The van der Waals surface area contributed by atoms with Crippen molar-refractivity contribution in [1.82, 2.24) is 15.5 Å². The molecule has 1 saturated heterocycles. The van der Waals surface area contributed by atoms with Gasteiger partial charge in [0.05, 0.1) is 17.3 Å². The standard InChI is InChI=1S/C33H43F3N6O2.C2HF3O2/c1-21(37)42-16-14-23(15-17-42)20-40-32(44)29(24-6-3-2-4-7-24)41-31(43)28(18-22-10-12-25(13-11-22)30(38)39)26-8-5-9-27(19-26)33(34,35)36;3-2(4,5)1(6)7/h5,8-13,19,23-24,28-29,37H,2-4,6-7,14-18,20H2,1H3,(H3,38,39)(H,40,44)(H,41,43);(H,6,7)/t28?,29-;/m0./s1. The second-order valence-electron chi connectivity index (χ2n) is 12.9.